The first-order chi connectivity index (χ1) is 14.8. The molecule has 0 radical (unpaired) electrons. The van der Waals surface area contributed by atoms with Crippen LogP contribution in [0.15, 0.2) is 70.5 Å². The Morgan fingerprint density at radius 1 is 1.10 bits per heavy atom. The van der Waals surface area contributed by atoms with Crippen molar-refractivity contribution in [1.29, 1.82) is 5.26 Å². The molecule has 0 saturated carbocycles. The van der Waals surface area contributed by atoms with Gasteiger partial charge in [-0.05, 0) is 45.0 Å². The number of nitriles is 1. The van der Waals surface area contributed by atoms with E-state index in [-0.39, 0.29) is 17.1 Å². The summed E-state index contributed by atoms with van der Waals surface area (Å²) >= 11 is 3.07. The molecule has 0 bridgehead atoms. The molecule has 0 spiro atoms. The van der Waals surface area contributed by atoms with Gasteiger partial charge in [-0.1, -0.05) is 48.2 Å². The highest BCUT2D eigenvalue weighted by molar-refractivity contribution is 8.03. The molecule has 1 fully saturated rings. The summed E-state index contributed by atoms with van der Waals surface area (Å²) in [5, 5.41) is 19.6. The van der Waals surface area contributed by atoms with Crippen molar-refractivity contribution in [2.75, 3.05) is 0 Å². The highest BCUT2D eigenvalue weighted by Gasteiger charge is 2.48. The molecule has 1 aliphatic rings. The minimum absolute atomic E-state index is 0.0411. The van der Waals surface area contributed by atoms with Crippen molar-refractivity contribution in [3.8, 4) is 6.07 Å². The number of nitrogens with zero attached hydrogens (tertiary/aromatic N) is 1. The van der Waals surface area contributed by atoms with Crippen molar-refractivity contribution >= 4 is 29.5 Å². The fourth-order valence-corrected chi connectivity index (χ4v) is 5.77. The van der Waals surface area contributed by atoms with E-state index >= 15 is 0 Å². The van der Waals surface area contributed by atoms with Crippen LogP contribution in [0.4, 0.5) is 0 Å². The molecule has 1 N–H and O–H groups in total. The van der Waals surface area contributed by atoms with Gasteiger partial charge in [-0.15, -0.1) is 11.8 Å². The number of hydrogen-bond donors (Lipinski definition) is 1. The Bertz CT molecular complexity index is 901. The first kappa shape index (κ1) is 23.7. The van der Waals surface area contributed by atoms with Crippen molar-refractivity contribution < 1.29 is 19.4 Å². The Balaban J connectivity index is 1.91. The van der Waals surface area contributed by atoms with E-state index in [2.05, 4.69) is 0 Å². The number of carbonyl (C=O) groups excluding carboxylic acids is 1. The van der Waals surface area contributed by atoms with Gasteiger partial charge in [-0.2, -0.15) is 5.26 Å². The van der Waals surface area contributed by atoms with E-state index in [0.717, 1.165) is 9.79 Å². The van der Waals surface area contributed by atoms with E-state index in [0.29, 0.717) is 0 Å². The normalized spacial score (nSPS) is 26.1. The highest BCUT2D eigenvalue weighted by Crippen LogP contribution is 2.43. The molecule has 1 heterocycles. The van der Waals surface area contributed by atoms with Crippen LogP contribution in [0.1, 0.15) is 27.2 Å². The molecule has 5 nitrogen and oxygen atoms in total. The third kappa shape index (κ3) is 6.05. The predicted octanol–water partition coefficient (Wildman–Crippen LogP) is 4.90. The lowest BCUT2D eigenvalue weighted by atomic mass is 9.90. The molecule has 0 unspecified atom stereocenters. The number of hydrogen-bond acceptors (Lipinski definition) is 7. The van der Waals surface area contributed by atoms with Gasteiger partial charge in [0.25, 0.3) is 0 Å². The van der Waals surface area contributed by atoms with E-state index in [9.17, 15) is 9.90 Å². The molecule has 0 amide bonds. The molecule has 1 aliphatic heterocycles. The molecule has 1 saturated heterocycles. The highest BCUT2D eigenvalue weighted by atomic mass is 32.2. The Morgan fingerprint density at radius 2 is 1.65 bits per heavy atom. The van der Waals surface area contributed by atoms with Crippen molar-refractivity contribution in [2.24, 2.45) is 5.41 Å². The minimum atomic E-state index is -0.976. The molecule has 0 aliphatic carbocycles. The van der Waals surface area contributed by atoms with Crippen LogP contribution in [0, 0.1) is 16.7 Å². The van der Waals surface area contributed by atoms with Crippen molar-refractivity contribution in [3.63, 3.8) is 0 Å². The summed E-state index contributed by atoms with van der Waals surface area (Å²) in [7, 11) is 0. The number of aliphatic hydroxyl groups excluding tert-OH is 1. The number of thioether (sulfide) groups is 2. The van der Waals surface area contributed by atoms with Gasteiger partial charge in [-0.25, -0.2) is 0 Å². The first-order valence-electron chi connectivity index (χ1n) is 10.2. The van der Waals surface area contributed by atoms with Gasteiger partial charge in [-0.3, -0.25) is 4.79 Å². The molecule has 2 aromatic carbocycles. The van der Waals surface area contributed by atoms with Crippen LogP contribution in [0.3, 0.4) is 0 Å². The third-order valence-electron chi connectivity index (χ3n) is 5.09. The monoisotopic (exact) mass is 457 g/mol. The van der Waals surface area contributed by atoms with Crippen LogP contribution in [0.2, 0.25) is 0 Å². The summed E-state index contributed by atoms with van der Waals surface area (Å²) < 4.78 is 12.1. The summed E-state index contributed by atoms with van der Waals surface area (Å²) in [6, 6.07) is 21.7. The standard InChI is InChI=1S/C24H27NO4S2/c1-16-19(26)20(29-23(27)24(2,3)14-15-25)21(30-17-10-6-4-7-11-17)22(28-16)31-18-12-8-5-9-13-18/h4-13,16,19-22,26H,14H2,1-3H3/t16-,19-,20+,21-,22+/m0/s1. The fourth-order valence-electron chi connectivity index (χ4n) is 3.18. The molecule has 7 heteroatoms. The summed E-state index contributed by atoms with van der Waals surface area (Å²) in [5.74, 6) is -0.491. The molecule has 164 valence electrons. The zero-order valence-electron chi connectivity index (χ0n) is 17.8. The maximum atomic E-state index is 12.9. The lowest BCUT2D eigenvalue weighted by molar-refractivity contribution is -0.184. The number of esters is 1. The van der Waals surface area contributed by atoms with Gasteiger partial charge in [0, 0.05) is 9.79 Å². The lowest BCUT2D eigenvalue weighted by Gasteiger charge is -2.43. The fraction of sp³-hybridized carbons (Fsp3) is 0.417. The Morgan fingerprint density at radius 3 is 2.19 bits per heavy atom. The number of carbonyl (C=O) groups is 1. The van der Waals surface area contributed by atoms with Crippen LogP contribution in [-0.2, 0) is 14.3 Å². The zero-order valence-corrected chi connectivity index (χ0v) is 19.4. The SMILES string of the molecule is C[C@@H]1O[C@H](Sc2ccccc2)[C@@H](Sc2ccccc2)[C@H](OC(=O)C(C)(C)CC#N)[C@H]1O. The zero-order chi connectivity index (χ0) is 22.4. The number of benzene rings is 2. The van der Waals surface area contributed by atoms with E-state index < -0.39 is 29.7 Å². The second kappa shape index (κ2) is 10.6. The maximum absolute atomic E-state index is 12.9. The smallest absolute Gasteiger partial charge is 0.312 e. The largest absolute Gasteiger partial charge is 0.458 e. The molecule has 5 atom stereocenters. The molecule has 3 rings (SSSR count). The van der Waals surface area contributed by atoms with E-state index in [1.807, 2.05) is 66.7 Å². The van der Waals surface area contributed by atoms with Gasteiger partial charge in [0.05, 0.1) is 29.3 Å². The number of aliphatic hydroxyl groups is 1. The summed E-state index contributed by atoms with van der Waals surface area (Å²) in [6.07, 6.45) is -2.22. The van der Waals surface area contributed by atoms with Crippen LogP contribution in [0.25, 0.3) is 0 Å². The van der Waals surface area contributed by atoms with Gasteiger partial charge in [0.1, 0.15) is 17.6 Å². The third-order valence-corrected chi connectivity index (χ3v) is 7.77. The summed E-state index contributed by atoms with van der Waals surface area (Å²) in [6.45, 7) is 5.15. The van der Waals surface area contributed by atoms with Crippen LogP contribution >= 0.6 is 23.5 Å². The van der Waals surface area contributed by atoms with Crippen LogP contribution in [0.5, 0.6) is 0 Å². The van der Waals surface area contributed by atoms with E-state index in [1.165, 1.54) is 11.8 Å². The lowest BCUT2D eigenvalue weighted by Crippen LogP contribution is -2.56. The quantitative estimate of drug-likeness (QED) is 0.593. The van der Waals surface area contributed by atoms with Crippen LogP contribution in [-0.4, -0.2) is 40.1 Å². The number of ether oxygens (including phenoxy) is 2. The average Bonchev–Trinajstić information content (AvgIpc) is 2.75. The van der Waals surface area contributed by atoms with Crippen molar-refractivity contribution in [3.05, 3.63) is 60.7 Å². The topological polar surface area (TPSA) is 79.5 Å². The van der Waals surface area contributed by atoms with Crippen LogP contribution < -0.4 is 0 Å². The first-order valence-corrected chi connectivity index (χ1v) is 11.9. The second-order valence-electron chi connectivity index (χ2n) is 8.12. The average molecular weight is 458 g/mol. The molecule has 0 aromatic heterocycles. The molecular weight excluding hydrogens is 430 g/mol. The summed E-state index contributed by atoms with van der Waals surface area (Å²) in [4.78, 5) is 14.9. The van der Waals surface area contributed by atoms with Crippen molar-refractivity contribution in [2.45, 2.75) is 66.0 Å². The molecular formula is C24H27NO4S2. The van der Waals surface area contributed by atoms with Gasteiger partial charge < -0.3 is 14.6 Å². The Labute approximate surface area is 192 Å². The Kier molecular flexibility index (Phi) is 8.06. The van der Waals surface area contributed by atoms with Gasteiger partial charge in [0.2, 0.25) is 0 Å². The Hall–Kier alpha value is -1.98. The second-order valence-corrected chi connectivity index (χ2v) is 10.5. The molecule has 2 aromatic rings. The van der Waals surface area contributed by atoms with E-state index in [1.54, 1.807) is 32.5 Å². The number of rotatable bonds is 7. The predicted molar refractivity (Wildman–Crippen MR) is 123 cm³/mol. The van der Waals surface area contributed by atoms with E-state index in [4.69, 9.17) is 14.7 Å². The van der Waals surface area contributed by atoms with Crippen molar-refractivity contribution in [1.82, 2.24) is 0 Å². The minimum Gasteiger partial charge on any atom is -0.458 e. The maximum Gasteiger partial charge on any atom is 0.312 e. The molecule has 31 heavy (non-hydrogen) atoms. The summed E-state index contributed by atoms with van der Waals surface area (Å²) in [5.41, 5.74) is -1.30. The van der Waals surface area contributed by atoms with Gasteiger partial charge in [0.15, 0.2) is 0 Å². The van der Waals surface area contributed by atoms with Gasteiger partial charge >= 0.3 is 5.97 Å².